The number of ether oxygens (including phenoxy) is 2. The van der Waals surface area contributed by atoms with Crippen LogP contribution in [0.3, 0.4) is 0 Å². The summed E-state index contributed by atoms with van der Waals surface area (Å²) in [6.45, 7) is 3.61. The summed E-state index contributed by atoms with van der Waals surface area (Å²) in [6, 6.07) is 0. The average molecular weight is 725 g/mol. The van der Waals surface area contributed by atoms with Gasteiger partial charge in [-0.15, -0.1) is 0 Å². The first kappa shape index (κ1) is 48.0. The number of hydrogen-bond acceptors (Lipinski definition) is 6. The highest BCUT2D eigenvalue weighted by Gasteiger charge is 2.22. The van der Waals surface area contributed by atoms with Crippen molar-refractivity contribution < 1.29 is 37.9 Å². The quantitative estimate of drug-likeness (QED) is 0.0284. The molecule has 0 aromatic rings. The molecule has 0 rings (SSSR count). The van der Waals surface area contributed by atoms with E-state index < -0.39 is 32.5 Å². The Morgan fingerprint density at radius 1 is 0.520 bits per heavy atom. The summed E-state index contributed by atoms with van der Waals surface area (Å²) in [7, 11) is -4.77. The fraction of sp³-hybridized carbons (Fsp3) is 0.756. The van der Waals surface area contributed by atoms with Crippen LogP contribution in [-0.4, -0.2) is 41.0 Å². The molecular weight excluding hydrogens is 651 g/mol. The van der Waals surface area contributed by atoms with Crippen LogP contribution < -0.4 is 0 Å². The van der Waals surface area contributed by atoms with Crippen LogP contribution >= 0.6 is 7.82 Å². The summed E-state index contributed by atoms with van der Waals surface area (Å²) in [6.07, 6.45) is 44.1. The first-order valence-corrected chi connectivity index (χ1v) is 21.5. The van der Waals surface area contributed by atoms with Crippen molar-refractivity contribution >= 4 is 19.8 Å². The maximum absolute atomic E-state index is 12.4. The number of esters is 2. The van der Waals surface area contributed by atoms with Gasteiger partial charge in [0.1, 0.15) is 6.61 Å². The van der Waals surface area contributed by atoms with E-state index in [9.17, 15) is 14.2 Å². The molecule has 0 aromatic carbocycles. The molecule has 8 nitrogen and oxygen atoms in total. The lowest BCUT2D eigenvalue weighted by Gasteiger charge is -2.18. The van der Waals surface area contributed by atoms with Gasteiger partial charge in [-0.25, -0.2) is 4.57 Å². The number of phosphoric acid groups is 1. The Morgan fingerprint density at radius 3 is 1.44 bits per heavy atom. The molecule has 0 spiro atoms. The molecule has 9 heteroatoms. The second-order valence-corrected chi connectivity index (χ2v) is 14.5. The third-order valence-electron chi connectivity index (χ3n) is 8.32. The van der Waals surface area contributed by atoms with Gasteiger partial charge in [0.2, 0.25) is 0 Å². The van der Waals surface area contributed by atoms with E-state index in [0.717, 1.165) is 44.9 Å². The SMILES string of the molecule is CCCCCC/C=C\CCCCCCCCCC(=O)OC[C@H](COP(=O)(O)O)OC(=O)CCC/C=C\C/C=C\C/C=C\CCCCCCCC. The maximum atomic E-state index is 12.4. The largest absolute Gasteiger partial charge is 0.469 e. The lowest BCUT2D eigenvalue weighted by molar-refractivity contribution is -0.161. The van der Waals surface area contributed by atoms with Crippen LogP contribution in [0.2, 0.25) is 0 Å². The molecule has 50 heavy (non-hydrogen) atoms. The van der Waals surface area contributed by atoms with E-state index >= 15 is 0 Å². The lowest BCUT2D eigenvalue weighted by Crippen LogP contribution is -2.29. The highest BCUT2D eigenvalue weighted by atomic mass is 31.2. The second kappa shape index (κ2) is 36.8. The van der Waals surface area contributed by atoms with E-state index in [1.807, 2.05) is 6.08 Å². The lowest BCUT2D eigenvalue weighted by atomic mass is 10.1. The van der Waals surface area contributed by atoms with E-state index in [2.05, 4.69) is 60.9 Å². The van der Waals surface area contributed by atoms with Crippen LogP contribution in [0, 0.1) is 0 Å². The number of rotatable bonds is 36. The van der Waals surface area contributed by atoms with E-state index in [1.165, 1.54) is 89.9 Å². The van der Waals surface area contributed by atoms with Crippen molar-refractivity contribution in [1.82, 2.24) is 0 Å². The molecule has 0 bridgehead atoms. The van der Waals surface area contributed by atoms with Crippen molar-refractivity contribution in [3.05, 3.63) is 48.6 Å². The third kappa shape index (κ3) is 38.8. The summed E-state index contributed by atoms with van der Waals surface area (Å²) < 4.78 is 26.3. The Balaban J connectivity index is 4.04. The van der Waals surface area contributed by atoms with Crippen LogP contribution in [0.1, 0.15) is 181 Å². The zero-order chi connectivity index (χ0) is 36.8. The van der Waals surface area contributed by atoms with Gasteiger partial charge in [-0.05, 0) is 70.6 Å². The van der Waals surface area contributed by atoms with Crippen molar-refractivity contribution in [2.45, 2.75) is 187 Å². The first-order valence-electron chi connectivity index (χ1n) is 19.9. The highest BCUT2D eigenvalue weighted by molar-refractivity contribution is 7.46. The van der Waals surface area contributed by atoms with Crippen LogP contribution in [0.25, 0.3) is 0 Å². The van der Waals surface area contributed by atoms with Gasteiger partial charge in [0.05, 0.1) is 6.61 Å². The van der Waals surface area contributed by atoms with Gasteiger partial charge in [0.25, 0.3) is 0 Å². The van der Waals surface area contributed by atoms with Crippen molar-refractivity contribution in [3.63, 3.8) is 0 Å². The summed E-state index contributed by atoms with van der Waals surface area (Å²) in [4.78, 5) is 42.7. The Kier molecular flexibility index (Phi) is 35.3. The fourth-order valence-electron chi connectivity index (χ4n) is 5.32. The standard InChI is InChI=1S/C41H73O8P/c1-3-5-7-9-11-13-15-17-19-20-22-24-26-28-30-32-34-36-41(43)49-39(38-48-50(44,45)46)37-47-40(42)35-33-31-29-27-25-23-21-18-16-14-12-10-8-6-4-2/h14,16-17,19,22,24,28,30,39H,3-13,15,18,20-21,23,25-27,29,31-38H2,1-2H3,(H2,44,45,46)/b16-14-,19-17-,24-22-,30-28-/t39-/m1/s1. The number of unbranched alkanes of at least 4 members (excludes halogenated alkanes) is 18. The highest BCUT2D eigenvalue weighted by Crippen LogP contribution is 2.36. The van der Waals surface area contributed by atoms with Gasteiger partial charge in [0.15, 0.2) is 6.10 Å². The minimum atomic E-state index is -4.77. The molecular formula is C41H73O8P. The zero-order valence-electron chi connectivity index (χ0n) is 31.8. The second-order valence-electron chi connectivity index (χ2n) is 13.2. The van der Waals surface area contributed by atoms with Gasteiger partial charge in [0, 0.05) is 12.8 Å². The molecule has 0 unspecified atom stereocenters. The average Bonchev–Trinajstić information content (AvgIpc) is 3.08. The Bertz CT molecular complexity index is 952. The molecule has 0 aromatic heterocycles. The Labute approximate surface area is 305 Å². The number of hydrogen-bond donors (Lipinski definition) is 2. The smallest absolute Gasteiger partial charge is 0.462 e. The summed E-state index contributed by atoms with van der Waals surface area (Å²) in [5, 5.41) is 0. The van der Waals surface area contributed by atoms with Gasteiger partial charge < -0.3 is 19.3 Å². The molecule has 0 heterocycles. The van der Waals surface area contributed by atoms with Gasteiger partial charge >= 0.3 is 19.8 Å². The summed E-state index contributed by atoms with van der Waals surface area (Å²) >= 11 is 0. The summed E-state index contributed by atoms with van der Waals surface area (Å²) in [5.74, 6) is -0.952. The molecule has 290 valence electrons. The molecule has 0 aliphatic heterocycles. The third-order valence-corrected chi connectivity index (χ3v) is 8.81. The molecule has 0 aliphatic rings. The van der Waals surface area contributed by atoms with Crippen LogP contribution in [0.5, 0.6) is 0 Å². The van der Waals surface area contributed by atoms with Crippen LogP contribution in [0.4, 0.5) is 0 Å². The molecule has 1 atom stereocenters. The molecule has 0 radical (unpaired) electrons. The maximum Gasteiger partial charge on any atom is 0.469 e. The van der Waals surface area contributed by atoms with Crippen molar-refractivity contribution in [2.75, 3.05) is 13.2 Å². The summed E-state index contributed by atoms with van der Waals surface area (Å²) in [5.41, 5.74) is 0. The molecule has 2 N–H and O–H groups in total. The molecule has 0 fully saturated rings. The monoisotopic (exact) mass is 725 g/mol. The van der Waals surface area contributed by atoms with Gasteiger partial charge in [-0.3, -0.25) is 14.1 Å². The van der Waals surface area contributed by atoms with E-state index in [1.54, 1.807) is 0 Å². The number of phosphoric ester groups is 1. The Morgan fingerprint density at radius 2 is 0.920 bits per heavy atom. The number of carbonyl (C=O) groups is 2. The van der Waals surface area contributed by atoms with E-state index in [0.29, 0.717) is 19.3 Å². The predicted molar refractivity (Wildman–Crippen MR) is 207 cm³/mol. The predicted octanol–water partition coefficient (Wildman–Crippen LogP) is 12.0. The molecule has 0 amide bonds. The fourth-order valence-corrected chi connectivity index (χ4v) is 5.68. The minimum absolute atomic E-state index is 0.139. The van der Waals surface area contributed by atoms with E-state index in [-0.39, 0.29) is 19.4 Å². The van der Waals surface area contributed by atoms with Crippen molar-refractivity contribution in [1.29, 1.82) is 0 Å². The Hall–Kier alpha value is -1.99. The number of carbonyl (C=O) groups excluding carboxylic acids is 2. The van der Waals surface area contributed by atoms with Crippen molar-refractivity contribution in [3.8, 4) is 0 Å². The topological polar surface area (TPSA) is 119 Å². The van der Waals surface area contributed by atoms with Crippen LogP contribution in [0.15, 0.2) is 48.6 Å². The molecule has 0 saturated carbocycles. The molecule has 0 aliphatic carbocycles. The van der Waals surface area contributed by atoms with Gasteiger partial charge in [-0.2, -0.15) is 0 Å². The van der Waals surface area contributed by atoms with Gasteiger partial charge in [-0.1, -0.05) is 146 Å². The van der Waals surface area contributed by atoms with E-state index in [4.69, 9.17) is 19.3 Å². The molecule has 0 saturated heterocycles. The first-order chi connectivity index (χ1) is 24.3. The van der Waals surface area contributed by atoms with Crippen molar-refractivity contribution in [2.24, 2.45) is 0 Å². The number of allylic oxidation sites excluding steroid dienone is 8. The van der Waals surface area contributed by atoms with Crippen LogP contribution in [-0.2, 0) is 28.2 Å². The minimum Gasteiger partial charge on any atom is -0.462 e. The normalized spacial score (nSPS) is 13.0. The zero-order valence-corrected chi connectivity index (χ0v) is 32.7.